The third-order valence-corrected chi connectivity index (χ3v) is 2.54. The highest BCUT2D eigenvalue weighted by Gasteiger charge is 2.07. The lowest BCUT2D eigenvalue weighted by Crippen LogP contribution is -2.37. The van der Waals surface area contributed by atoms with E-state index in [1.165, 1.54) is 0 Å². The van der Waals surface area contributed by atoms with Crippen molar-refractivity contribution in [1.29, 1.82) is 0 Å². The van der Waals surface area contributed by atoms with E-state index in [0.717, 1.165) is 18.4 Å². The largest absolute Gasteiger partial charge is 0.355 e. The number of benzene rings is 1. The van der Waals surface area contributed by atoms with Crippen molar-refractivity contribution in [2.45, 2.75) is 26.7 Å². The van der Waals surface area contributed by atoms with Gasteiger partial charge in [-0.05, 0) is 25.5 Å². The Hall–Kier alpha value is -1.84. The normalized spacial score (nSPS) is 9.89. The van der Waals surface area contributed by atoms with E-state index in [9.17, 15) is 9.59 Å². The van der Waals surface area contributed by atoms with Gasteiger partial charge < -0.3 is 10.6 Å². The third kappa shape index (κ3) is 4.99. The number of unbranched alkanes of at least 4 members (excludes halogenated alkanes) is 1. The number of nitrogens with one attached hydrogen (secondary N) is 2. The van der Waals surface area contributed by atoms with E-state index in [1.807, 2.05) is 19.1 Å². The van der Waals surface area contributed by atoms with Gasteiger partial charge in [0.25, 0.3) is 5.91 Å². The Morgan fingerprint density at radius 3 is 2.67 bits per heavy atom. The first-order valence-electron chi connectivity index (χ1n) is 6.25. The van der Waals surface area contributed by atoms with Crippen LogP contribution in [0.4, 0.5) is 0 Å². The van der Waals surface area contributed by atoms with Gasteiger partial charge in [-0.2, -0.15) is 0 Å². The Morgan fingerprint density at radius 1 is 1.22 bits per heavy atom. The molecule has 0 aliphatic carbocycles. The summed E-state index contributed by atoms with van der Waals surface area (Å²) in [5.41, 5.74) is 1.60. The summed E-state index contributed by atoms with van der Waals surface area (Å²) < 4.78 is 0. The summed E-state index contributed by atoms with van der Waals surface area (Å²) >= 11 is 0. The summed E-state index contributed by atoms with van der Waals surface area (Å²) in [5.74, 6) is -0.367. The highest BCUT2D eigenvalue weighted by Crippen LogP contribution is 2.03. The third-order valence-electron chi connectivity index (χ3n) is 2.54. The first kappa shape index (κ1) is 14.2. The highest BCUT2D eigenvalue weighted by molar-refractivity contribution is 5.96. The van der Waals surface area contributed by atoms with E-state index in [-0.39, 0.29) is 18.4 Å². The molecule has 1 aromatic carbocycles. The monoisotopic (exact) mass is 248 g/mol. The number of amides is 2. The summed E-state index contributed by atoms with van der Waals surface area (Å²) in [5, 5.41) is 5.35. The molecular formula is C14H20N2O2. The molecule has 0 unspecified atom stereocenters. The Morgan fingerprint density at radius 2 is 2.00 bits per heavy atom. The van der Waals surface area contributed by atoms with Gasteiger partial charge in [-0.1, -0.05) is 31.0 Å². The highest BCUT2D eigenvalue weighted by atomic mass is 16.2. The first-order valence-corrected chi connectivity index (χ1v) is 6.25. The maximum absolute atomic E-state index is 11.7. The molecule has 1 aromatic rings. The molecule has 2 amide bonds. The van der Waals surface area contributed by atoms with Crippen molar-refractivity contribution in [1.82, 2.24) is 10.6 Å². The average molecular weight is 248 g/mol. The summed E-state index contributed by atoms with van der Waals surface area (Å²) in [6.07, 6.45) is 1.99. The molecule has 0 fully saturated rings. The first-order chi connectivity index (χ1) is 8.63. The van der Waals surface area contributed by atoms with Gasteiger partial charge in [0, 0.05) is 12.1 Å². The second-order valence-electron chi connectivity index (χ2n) is 4.26. The van der Waals surface area contributed by atoms with E-state index < -0.39 is 0 Å². The minimum atomic E-state index is -0.218. The average Bonchev–Trinajstić information content (AvgIpc) is 2.36. The second-order valence-corrected chi connectivity index (χ2v) is 4.26. The molecule has 4 heteroatoms. The molecule has 18 heavy (non-hydrogen) atoms. The predicted octanol–water partition coefficient (Wildman–Crippen LogP) is 1.64. The van der Waals surface area contributed by atoms with Crippen molar-refractivity contribution in [3.63, 3.8) is 0 Å². The van der Waals surface area contributed by atoms with Crippen molar-refractivity contribution < 1.29 is 9.59 Å². The molecule has 0 radical (unpaired) electrons. The zero-order chi connectivity index (χ0) is 13.4. The van der Waals surface area contributed by atoms with Crippen LogP contribution in [-0.4, -0.2) is 24.9 Å². The lowest BCUT2D eigenvalue weighted by molar-refractivity contribution is -0.120. The van der Waals surface area contributed by atoms with E-state index in [2.05, 4.69) is 17.6 Å². The Labute approximate surface area is 108 Å². The van der Waals surface area contributed by atoms with Crippen LogP contribution in [0, 0.1) is 6.92 Å². The van der Waals surface area contributed by atoms with Crippen LogP contribution in [0.1, 0.15) is 35.7 Å². The minimum absolute atomic E-state index is 0.0243. The van der Waals surface area contributed by atoms with Gasteiger partial charge in [-0.3, -0.25) is 9.59 Å². The molecule has 1 rings (SSSR count). The molecule has 0 atom stereocenters. The molecule has 0 spiro atoms. The Bertz CT molecular complexity index is 416. The van der Waals surface area contributed by atoms with Gasteiger partial charge >= 0.3 is 0 Å². The predicted molar refractivity (Wildman–Crippen MR) is 71.4 cm³/mol. The number of carbonyl (C=O) groups excluding carboxylic acids is 2. The van der Waals surface area contributed by atoms with Crippen LogP contribution < -0.4 is 10.6 Å². The maximum atomic E-state index is 11.7. The lowest BCUT2D eigenvalue weighted by Gasteiger charge is -2.06. The summed E-state index contributed by atoms with van der Waals surface area (Å²) in [6.45, 7) is 4.67. The van der Waals surface area contributed by atoms with Crippen molar-refractivity contribution in [2.75, 3.05) is 13.1 Å². The smallest absolute Gasteiger partial charge is 0.251 e. The summed E-state index contributed by atoms with van der Waals surface area (Å²) in [4.78, 5) is 23.1. The molecule has 4 nitrogen and oxygen atoms in total. The van der Waals surface area contributed by atoms with Gasteiger partial charge in [0.1, 0.15) is 0 Å². The van der Waals surface area contributed by atoms with Gasteiger partial charge in [0.15, 0.2) is 0 Å². The SMILES string of the molecule is CCCCNC(=O)CNC(=O)c1cccc(C)c1. The van der Waals surface area contributed by atoms with E-state index >= 15 is 0 Å². The van der Waals surface area contributed by atoms with Crippen LogP contribution in [0.15, 0.2) is 24.3 Å². The number of hydrogen-bond acceptors (Lipinski definition) is 2. The fraction of sp³-hybridized carbons (Fsp3) is 0.429. The second kappa shape index (κ2) is 7.48. The van der Waals surface area contributed by atoms with Crippen molar-refractivity contribution in [3.8, 4) is 0 Å². The molecule has 0 aromatic heterocycles. The fourth-order valence-electron chi connectivity index (χ4n) is 1.52. The summed E-state index contributed by atoms with van der Waals surface area (Å²) in [7, 11) is 0. The van der Waals surface area contributed by atoms with Crippen molar-refractivity contribution >= 4 is 11.8 Å². The molecule has 0 saturated carbocycles. The van der Waals surface area contributed by atoms with Crippen molar-refractivity contribution in [2.24, 2.45) is 0 Å². The van der Waals surface area contributed by atoms with Gasteiger partial charge in [0.05, 0.1) is 6.54 Å². The quantitative estimate of drug-likeness (QED) is 0.752. The van der Waals surface area contributed by atoms with E-state index in [1.54, 1.807) is 12.1 Å². The molecule has 0 heterocycles. The van der Waals surface area contributed by atoms with Gasteiger partial charge in [0.2, 0.25) is 5.91 Å². The van der Waals surface area contributed by atoms with Crippen LogP contribution in [0.25, 0.3) is 0 Å². The van der Waals surface area contributed by atoms with Crippen molar-refractivity contribution in [3.05, 3.63) is 35.4 Å². The maximum Gasteiger partial charge on any atom is 0.251 e. The Balaban J connectivity index is 2.35. The molecule has 0 saturated heterocycles. The number of carbonyl (C=O) groups is 2. The molecular weight excluding hydrogens is 228 g/mol. The molecule has 98 valence electrons. The minimum Gasteiger partial charge on any atom is -0.355 e. The van der Waals surface area contributed by atoms with Gasteiger partial charge in [-0.15, -0.1) is 0 Å². The number of rotatable bonds is 6. The fourth-order valence-corrected chi connectivity index (χ4v) is 1.52. The van der Waals surface area contributed by atoms with Gasteiger partial charge in [-0.25, -0.2) is 0 Å². The Kier molecular flexibility index (Phi) is 5.91. The molecule has 0 bridgehead atoms. The topological polar surface area (TPSA) is 58.2 Å². The summed E-state index contributed by atoms with van der Waals surface area (Å²) in [6, 6.07) is 7.28. The van der Waals surface area contributed by atoms with Crippen LogP contribution in [-0.2, 0) is 4.79 Å². The van der Waals surface area contributed by atoms with Crippen LogP contribution >= 0.6 is 0 Å². The zero-order valence-electron chi connectivity index (χ0n) is 11.0. The lowest BCUT2D eigenvalue weighted by atomic mass is 10.1. The van der Waals surface area contributed by atoms with Crippen LogP contribution in [0.3, 0.4) is 0 Å². The molecule has 0 aliphatic heterocycles. The number of aryl methyl sites for hydroxylation is 1. The standard InChI is InChI=1S/C14H20N2O2/c1-3-4-8-15-13(17)10-16-14(18)12-7-5-6-11(2)9-12/h5-7,9H,3-4,8,10H2,1-2H3,(H,15,17)(H,16,18). The van der Waals surface area contributed by atoms with Crippen LogP contribution in [0.2, 0.25) is 0 Å². The molecule has 2 N–H and O–H groups in total. The zero-order valence-corrected chi connectivity index (χ0v) is 11.0. The van der Waals surface area contributed by atoms with E-state index in [0.29, 0.717) is 12.1 Å². The van der Waals surface area contributed by atoms with E-state index in [4.69, 9.17) is 0 Å². The molecule has 0 aliphatic rings. The number of hydrogen-bond donors (Lipinski definition) is 2. The van der Waals surface area contributed by atoms with Crippen LogP contribution in [0.5, 0.6) is 0 Å².